The maximum absolute atomic E-state index is 13.8. The summed E-state index contributed by atoms with van der Waals surface area (Å²) in [4.78, 5) is 14.1. The molecule has 1 fully saturated rings. The fourth-order valence-electron chi connectivity index (χ4n) is 4.06. The van der Waals surface area contributed by atoms with E-state index in [0.29, 0.717) is 17.2 Å². The standard InChI is InChI=1S/C19H26FN5O/c1-3-19(5-7-25(4-2)8-6-19)14(11-21)18-23-15-10-12(20)9-13(17(22)26)16(15)24-18/h9-11,21,23-24H,3-8H2,1-2H3,(H2,22,26)/b18-14+,21-11?. The van der Waals surface area contributed by atoms with E-state index >= 15 is 0 Å². The summed E-state index contributed by atoms with van der Waals surface area (Å²) < 4.78 is 13.8. The number of amides is 1. The molecule has 0 radical (unpaired) electrons. The zero-order valence-electron chi connectivity index (χ0n) is 15.3. The summed E-state index contributed by atoms with van der Waals surface area (Å²) >= 11 is 0. The van der Waals surface area contributed by atoms with Crippen LogP contribution in [-0.2, 0) is 0 Å². The van der Waals surface area contributed by atoms with Crippen LogP contribution in [0.15, 0.2) is 23.5 Å². The number of halogens is 1. The molecule has 1 amide bonds. The van der Waals surface area contributed by atoms with Gasteiger partial charge in [-0.2, -0.15) is 0 Å². The van der Waals surface area contributed by atoms with Crippen LogP contribution in [0.3, 0.4) is 0 Å². The summed E-state index contributed by atoms with van der Waals surface area (Å²) in [6.45, 7) is 7.31. The van der Waals surface area contributed by atoms with E-state index in [4.69, 9.17) is 11.1 Å². The number of nitrogens with two attached hydrogens (primary N) is 1. The summed E-state index contributed by atoms with van der Waals surface area (Å²) in [6, 6.07) is 2.47. The molecule has 26 heavy (non-hydrogen) atoms. The minimum Gasteiger partial charge on any atom is -0.366 e. The van der Waals surface area contributed by atoms with Crippen LogP contribution in [0, 0.1) is 16.6 Å². The maximum atomic E-state index is 13.8. The molecule has 5 N–H and O–H groups in total. The van der Waals surface area contributed by atoms with Crippen molar-refractivity contribution in [3.63, 3.8) is 0 Å². The van der Waals surface area contributed by atoms with Gasteiger partial charge in [0.15, 0.2) is 0 Å². The number of nitrogens with one attached hydrogen (secondary N) is 3. The van der Waals surface area contributed by atoms with Gasteiger partial charge in [0.05, 0.1) is 16.9 Å². The highest BCUT2D eigenvalue weighted by Crippen LogP contribution is 2.45. The zero-order valence-corrected chi connectivity index (χ0v) is 15.3. The number of hydrogen-bond donors (Lipinski definition) is 4. The van der Waals surface area contributed by atoms with E-state index in [-0.39, 0.29) is 11.0 Å². The summed E-state index contributed by atoms with van der Waals surface area (Å²) in [5.74, 6) is -0.560. The topological polar surface area (TPSA) is 94.2 Å². The molecule has 6 nitrogen and oxygen atoms in total. The molecule has 0 saturated carbocycles. The Hall–Kier alpha value is -2.41. The summed E-state index contributed by atoms with van der Waals surface area (Å²) in [7, 11) is 0. The molecular weight excluding hydrogens is 333 g/mol. The van der Waals surface area contributed by atoms with Crippen molar-refractivity contribution in [1.82, 2.24) is 4.90 Å². The van der Waals surface area contributed by atoms with Crippen LogP contribution in [0.1, 0.15) is 43.5 Å². The smallest absolute Gasteiger partial charge is 0.250 e. The molecule has 2 aliphatic heterocycles. The average Bonchev–Trinajstić information content (AvgIpc) is 3.05. The van der Waals surface area contributed by atoms with Gasteiger partial charge in [-0.25, -0.2) is 4.39 Å². The van der Waals surface area contributed by atoms with Gasteiger partial charge in [0.2, 0.25) is 0 Å². The molecule has 1 aromatic carbocycles. The van der Waals surface area contributed by atoms with Crippen molar-refractivity contribution in [1.29, 1.82) is 5.41 Å². The first-order chi connectivity index (χ1) is 12.4. The summed E-state index contributed by atoms with van der Waals surface area (Å²) in [5, 5.41) is 14.4. The molecule has 0 atom stereocenters. The lowest BCUT2D eigenvalue weighted by Crippen LogP contribution is -2.41. The fourth-order valence-corrected chi connectivity index (χ4v) is 4.06. The lowest BCUT2D eigenvalue weighted by atomic mass is 9.70. The van der Waals surface area contributed by atoms with Gasteiger partial charge in [0.25, 0.3) is 5.91 Å². The number of carbonyl (C=O) groups excluding carboxylic acids is 1. The van der Waals surface area contributed by atoms with Crippen molar-refractivity contribution in [2.75, 3.05) is 30.3 Å². The van der Waals surface area contributed by atoms with E-state index in [1.807, 2.05) is 0 Å². The Bertz CT molecular complexity index is 765. The highest BCUT2D eigenvalue weighted by molar-refractivity contribution is 6.04. The normalized spacial score (nSPS) is 20.7. The van der Waals surface area contributed by atoms with E-state index in [0.717, 1.165) is 50.5 Å². The van der Waals surface area contributed by atoms with Gasteiger partial charge in [-0.1, -0.05) is 13.8 Å². The molecule has 140 valence electrons. The number of allylic oxidation sites excluding steroid dienone is 1. The van der Waals surface area contributed by atoms with Crippen molar-refractivity contribution in [2.24, 2.45) is 11.1 Å². The Labute approximate surface area is 153 Å². The summed E-state index contributed by atoms with van der Waals surface area (Å²) in [6.07, 6.45) is 4.21. The number of likely N-dealkylation sites (tertiary alicyclic amines) is 1. The Kier molecular flexibility index (Phi) is 5.00. The van der Waals surface area contributed by atoms with Gasteiger partial charge in [-0.15, -0.1) is 0 Å². The first kappa shape index (κ1) is 18.4. The van der Waals surface area contributed by atoms with Crippen molar-refractivity contribution in [2.45, 2.75) is 33.1 Å². The molecule has 3 rings (SSSR count). The second kappa shape index (κ2) is 7.07. The molecular formula is C19H26FN5O. The third-order valence-electron chi connectivity index (χ3n) is 5.80. The van der Waals surface area contributed by atoms with Gasteiger partial charge in [-0.3, -0.25) is 4.79 Å². The maximum Gasteiger partial charge on any atom is 0.250 e. The van der Waals surface area contributed by atoms with Gasteiger partial charge in [0, 0.05) is 17.2 Å². The lowest BCUT2D eigenvalue weighted by molar-refractivity contribution is 0.100. The minimum absolute atomic E-state index is 0.109. The fraction of sp³-hybridized carbons (Fsp3) is 0.474. The van der Waals surface area contributed by atoms with Crippen molar-refractivity contribution in [3.8, 4) is 0 Å². The second-order valence-corrected chi connectivity index (χ2v) is 6.99. The zero-order chi connectivity index (χ0) is 18.9. The molecule has 2 heterocycles. The van der Waals surface area contributed by atoms with E-state index in [1.54, 1.807) is 0 Å². The third kappa shape index (κ3) is 3.07. The largest absolute Gasteiger partial charge is 0.366 e. The number of rotatable bonds is 5. The van der Waals surface area contributed by atoms with Gasteiger partial charge < -0.3 is 26.7 Å². The number of piperidine rings is 1. The van der Waals surface area contributed by atoms with Gasteiger partial charge in [0.1, 0.15) is 11.6 Å². The number of carbonyl (C=O) groups is 1. The highest BCUT2D eigenvalue weighted by Gasteiger charge is 2.38. The molecule has 0 aromatic heterocycles. The Balaban J connectivity index is 1.99. The number of hydrogen-bond acceptors (Lipinski definition) is 5. The molecule has 1 aromatic rings. The lowest BCUT2D eigenvalue weighted by Gasteiger charge is -2.42. The molecule has 0 aliphatic carbocycles. The van der Waals surface area contributed by atoms with Gasteiger partial charge in [-0.05, 0) is 51.0 Å². The minimum atomic E-state index is -0.686. The second-order valence-electron chi connectivity index (χ2n) is 6.99. The average molecular weight is 359 g/mol. The van der Waals surface area contributed by atoms with Crippen molar-refractivity contribution >= 4 is 23.5 Å². The molecule has 1 saturated heterocycles. The Morgan fingerprint density at radius 2 is 2.04 bits per heavy atom. The quantitative estimate of drug-likeness (QED) is 0.608. The molecule has 7 heteroatoms. The van der Waals surface area contributed by atoms with Crippen LogP contribution in [0.5, 0.6) is 0 Å². The number of anilines is 2. The van der Waals surface area contributed by atoms with Crippen LogP contribution in [-0.4, -0.2) is 36.7 Å². The van der Waals surface area contributed by atoms with E-state index in [9.17, 15) is 9.18 Å². The van der Waals surface area contributed by atoms with E-state index in [1.165, 1.54) is 12.3 Å². The molecule has 0 spiro atoms. The first-order valence-electron chi connectivity index (χ1n) is 9.09. The SMILES string of the molecule is CCN1CCC(CC)(/C(C=N)=C2\Nc3cc(F)cc(C(N)=O)c3N2)CC1. The third-order valence-corrected chi connectivity index (χ3v) is 5.80. The van der Waals surface area contributed by atoms with Crippen LogP contribution in [0.2, 0.25) is 0 Å². The monoisotopic (exact) mass is 359 g/mol. The van der Waals surface area contributed by atoms with Crippen LogP contribution in [0.25, 0.3) is 0 Å². The summed E-state index contributed by atoms with van der Waals surface area (Å²) in [5.41, 5.74) is 7.21. The number of fused-ring (bicyclic) bond motifs is 1. The molecule has 2 aliphatic rings. The van der Waals surface area contributed by atoms with Crippen molar-refractivity contribution < 1.29 is 9.18 Å². The molecule has 0 unspecified atom stereocenters. The number of benzene rings is 1. The molecule has 0 bridgehead atoms. The van der Waals surface area contributed by atoms with Crippen LogP contribution < -0.4 is 16.4 Å². The van der Waals surface area contributed by atoms with Crippen molar-refractivity contribution in [3.05, 3.63) is 34.9 Å². The van der Waals surface area contributed by atoms with E-state index in [2.05, 4.69) is 29.4 Å². The number of nitrogens with zero attached hydrogens (tertiary/aromatic N) is 1. The van der Waals surface area contributed by atoms with Crippen LogP contribution >= 0.6 is 0 Å². The highest BCUT2D eigenvalue weighted by atomic mass is 19.1. The van der Waals surface area contributed by atoms with Crippen LogP contribution in [0.4, 0.5) is 15.8 Å². The number of primary amides is 1. The van der Waals surface area contributed by atoms with E-state index < -0.39 is 11.7 Å². The van der Waals surface area contributed by atoms with Gasteiger partial charge >= 0.3 is 0 Å². The predicted octanol–water partition coefficient (Wildman–Crippen LogP) is 3.14. The first-order valence-corrected chi connectivity index (χ1v) is 9.09. The predicted molar refractivity (Wildman–Crippen MR) is 102 cm³/mol. The Morgan fingerprint density at radius 3 is 2.58 bits per heavy atom. The Morgan fingerprint density at radius 1 is 1.35 bits per heavy atom.